The van der Waals surface area contributed by atoms with E-state index in [1.54, 1.807) is 20.2 Å². The van der Waals surface area contributed by atoms with Crippen LogP contribution in [0.25, 0.3) is 11.2 Å². The zero-order valence-corrected chi connectivity index (χ0v) is 14.6. The average molecular weight is 363 g/mol. The van der Waals surface area contributed by atoms with E-state index in [9.17, 15) is 8.42 Å². The van der Waals surface area contributed by atoms with E-state index in [1.165, 1.54) is 10.6 Å². The number of nitrogens with zero attached hydrogens (tertiary/aromatic N) is 6. The molecule has 1 N–H and O–H groups in total. The molecule has 4 heterocycles. The number of aryl methyl sites for hydroxylation is 2. The SMILES string of the molecule is Cc1noc(C)c1S(=O)(=O)N1CCN(c2ncnc3nc[nH]c23)CC1. The van der Waals surface area contributed by atoms with Crippen molar-refractivity contribution in [2.45, 2.75) is 18.7 Å². The standard InChI is InChI=1S/C14H17N7O3S/c1-9-12(10(2)24-19-9)25(22,23)21-5-3-20(4-6-21)14-11-13(16-7-15-11)17-8-18-14/h7-8H,3-6H2,1-2H3,(H,15,16,17,18). The summed E-state index contributed by atoms with van der Waals surface area (Å²) in [4.78, 5) is 17.8. The summed E-state index contributed by atoms with van der Waals surface area (Å²) < 4.78 is 32.2. The van der Waals surface area contributed by atoms with Gasteiger partial charge in [-0.3, -0.25) is 0 Å². The highest BCUT2D eigenvalue weighted by Crippen LogP contribution is 2.26. The van der Waals surface area contributed by atoms with Crippen molar-refractivity contribution < 1.29 is 12.9 Å². The minimum atomic E-state index is -3.62. The van der Waals surface area contributed by atoms with E-state index in [0.29, 0.717) is 43.3 Å². The third kappa shape index (κ3) is 2.55. The van der Waals surface area contributed by atoms with E-state index in [-0.39, 0.29) is 4.90 Å². The summed E-state index contributed by atoms with van der Waals surface area (Å²) in [5, 5.41) is 3.75. The third-order valence-corrected chi connectivity index (χ3v) is 6.45. The van der Waals surface area contributed by atoms with E-state index in [0.717, 1.165) is 11.3 Å². The highest BCUT2D eigenvalue weighted by Gasteiger charge is 2.33. The molecule has 132 valence electrons. The van der Waals surface area contributed by atoms with E-state index in [2.05, 4.69) is 25.1 Å². The molecule has 1 aliphatic heterocycles. The fraction of sp³-hybridized carbons (Fsp3) is 0.429. The second-order valence-corrected chi connectivity index (χ2v) is 7.72. The lowest BCUT2D eigenvalue weighted by Crippen LogP contribution is -2.49. The van der Waals surface area contributed by atoms with Gasteiger partial charge in [-0.2, -0.15) is 4.31 Å². The number of hydrogen-bond donors (Lipinski definition) is 1. The van der Waals surface area contributed by atoms with E-state index >= 15 is 0 Å². The van der Waals surface area contributed by atoms with E-state index in [1.807, 2.05) is 4.90 Å². The van der Waals surface area contributed by atoms with Gasteiger partial charge in [0, 0.05) is 26.2 Å². The maximum absolute atomic E-state index is 12.9. The van der Waals surface area contributed by atoms with Crippen LogP contribution >= 0.6 is 0 Å². The minimum absolute atomic E-state index is 0.166. The van der Waals surface area contributed by atoms with Gasteiger partial charge in [0.25, 0.3) is 0 Å². The molecule has 3 aromatic rings. The molecule has 1 saturated heterocycles. The molecule has 25 heavy (non-hydrogen) atoms. The van der Waals surface area contributed by atoms with Crippen molar-refractivity contribution in [1.82, 2.24) is 29.4 Å². The lowest BCUT2D eigenvalue weighted by Gasteiger charge is -2.34. The lowest BCUT2D eigenvalue weighted by molar-refractivity contribution is 0.378. The normalized spacial score (nSPS) is 16.6. The first-order valence-electron chi connectivity index (χ1n) is 7.80. The van der Waals surface area contributed by atoms with Gasteiger partial charge in [0.2, 0.25) is 10.0 Å². The molecule has 3 aromatic heterocycles. The Labute approximate surface area is 143 Å². The first-order chi connectivity index (χ1) is 12.0. The minimum Gasteiger partial charge on any atom is -0.360 e. The quantitative estimate of drug-likeness (QED) is 0.713. The summed E-state index contributed by atoms with van der Waals surface area (Å²) >= 11 is 0. The summed E-state index contributed by atoms with van der Waals surface area (Å²) in [6.07, 6.45) is 3.03. The summed E-state index contributed by atoms with van der Waals surface area (Å²) in [6, 6.07) is 0. The third-order valence-electron chi connectivity index (χ3n) is 4.31. The molecule has 1 fully saturated rings. The van der Waals surface area contributed by atoms with Gasteiger partial charge in [-0.05, 0) is 13.8 Å². The van der Waals surface area contributed by atoms with Crippen LogP contribution in [0.15, 0.2) is 22.1 Å². The number of anilines is 1. The maximum Gasteiger partial charge on any atom is 0.248 e. The molecule has 0 saturated carbocycles. The van der Waals surface area contributed by atoms with Gasteiger partial charge in [-0.1, -0.05) is 5.16 Å². The number of H-pyrrole nitrogens is 1. The highest BCUT2D eigenvalue weighted by molar-refractivity contribution is 7.89. The molecular formula is C14H17N7O3S. The number of piperazine rings is 1. The highest BCUT2D eigenvalue weighted by atomic mass is 32.2. The van der Waals surface area contributed by atoms with Crippen LogP contribution in [0.3, 0.4) is 0 Å². The zero-order chi connectivity index (χ0) is 17.6. The Bertz CT molecular complexity index is 999. The number of sulfonamides is 1. The fourth-order valence-electron chi connectivity index (χ4n) is 3.10. The molecule has 0 aliphatic carbocycles. The molecule has 0 bridgehead atoms. The molecule has 0 amide bonds. The van der Waals surface area contributed by atoms with Gasteiger partial charge in [0.15, 0.2) is 17.2 Å². The van der Waals surface area contributed by atoms with Crippen LogP contribution in [0.1, 0.15) is 11.5 Å². The van der Waals surface area contributed by atoms with Gasteiger partial charge in [0.05, 0.1) is 6.33 Å². The molecule has 0 unspecified atom stereocenters. The van der Waals surface area contributed by atoms with Crippen molar-refractivity contribution in [3.05, 3.63) is 24.1 Å². The molecule has 0 aromatic carbocycles. The van der Waals surface area contributed by atoms with E-state index < -0.39 is 10.0 Å². The van der Waals surface area contributed by atoms with Crippen LogP contribution in [0, 0.1) is 13.8 Å². The predicted octanol–water partition coefficient (Wildman–Crippen LogP) is 0.469. The van der Waals surface area contributed by atoms with Gasteiger partial charge in [-0.25, -0.2) is 23.4 Å². The first-order valence-corrected chi connectivity index (χ1v) is 9.24. The van der Waals surface area contributed by atoms with Crippen LogP contribution in [0.2, 0.25) is 0 Å². The van der Waals surface area contributed by atoms with Crippen LogP contribution in [0.5, 0.6) is 0 Å². The molecule has 0 spiro atoms. The largest absolute Gasteiger partial charge is 0.360 e. The molecule has 11 heteroatoms. The van der Waals surface area contributed by atoms with Crippen LogP contribution in [-0.2, 0) is 10.0 Å². The summed E-state index contributed by atoms with van der Waals surface area (Å²) in [5.41, 5.74) is 1.73. The molecule has 10 nitrogen and oxygen atoms in total. The van der Waals surface area contributed by atoms with E-state index in [4.69, 9.17) is 4.52 Å². The monoisotopic (exact) mass is 363 g/mol. The Morgan fingerprint density at radius 2 is 1.88 bits per heavy atom. The Balaban J connectivity index is 1.57. The van der Waals surface area contributed by atoms with Gasteiger partial charge < -0.3 is 14.4 Å². The molecule has 1 aliphatic rings. The Kier molecular flexibility index (Phi) is 3.69. The van der Waals surface area contributed by atoms with Crippen molar-refractivity contribution in [3.8, 4) is 0 Å². The number of hydrogen-bond acceptors (Lipinski definition) is 8. The number of rotatable bonds is 3. The van der Waals surface area contributed by atoms with Crippen LogP contribution < -0.4 is 4.90 Å². The molecule has 0 atom stereocenters. The van der Waals surface area contributed by atoms with Gasteiger partial charge in [-0.15, -0.1) is 0 Å². The lowest BCUT2D eigenvalue weighted by atomic mass is 10.3. The Morgan fingerprint density at radius 1 is 1.12 bits per heavy atom. The summed E-state index contributed by atoms with van der Waals surface area (Å²) in [6.45, 7) is 4.99. The maximum atomic E-state index is 12.9. The molecular weight excluding hydrogens is 346 g/mol. The van der Waals surface area contributed by atoms with Crippen LogP contribution in [-0.4, -0.2) is 64.0 Å². The van der Waals surface area contributed by atoms with Crippen molar-refractivity contribution in [1.29, 1.82) is 0 Å². The zero-order valence-electron chi connectivity index (χ0n) is 13.8. The first kappa shape index (κ1) is 16.0. The Hall–Kier alpha value is -2.53. The number of imidazole rings is 1. The van der Waals surface area contributed by atoms with Crippen molar-refractivity contribution in [3.63, 3.8) is 0 Å². The topological polar surface area (TPSA) is 121 Å². The summed E-state index contributed by atoms with van der Waals surface area (Å²) in [5.74, 6) is 1.05. The molecule has 4 rings (SSSR count). The number of nitrogens with one attached hydrogen (secondary N) is 1. The van der Waals surface area contributed by atoms with Crippen molar-refractivity contribution in [2.75, 3.05) is 31.1 Å². The smallest absolute Gasteiger partial charge is 0.248 e. The second kappa shape index (κ2) is 5.77. The number of aromatic amines is 1. The fourth-order valence-corrected chi connectivity index (χ4v) is 4.82. The van der Waals surface area contributed by atoms with Crippen molar-refractivity contribution >= 4 is 27.0 Å². The Morgan fingerprint density at radius 3 is 2.56 bits per heavy atom. The van der Waals surface area contributed by atoms with Crippen molar-refractivity contribution in [2.24, 2.45) is 0 Å². The van der Waals surface area contributed by atoms with Gasteiger partial charge >= 0.3 is 0 Å². The number of fused-ring (bicyclic) bond motifs is 1. The van der Waals surface area contributed by atoms with Gasteiger partial charge in [0.1, 0.15) is 22.4 Å². The average Bonchev–Trinajstić information content (AvgIpc) is 3.21. The predicted molar refractivity (Wildman–Crippen MR) is 88.6 cm³/mol. The molecule has 0 radical (unpaired) electrons. The summed E-state index contributed by atoms with van der Waals surface area (Å²) in [7, 11) is -3.62. The van der Waals surface area contributed by atoms with Crippen LogP contribution in [0.4, 0.5) is 5.82 Å². The second-order valence-electron chi connectivity index (χ2n) is 5.84. The number of aromatic nitrogens is 5.